The summed E-state index contributed by atoms with van der Waals surface area (Å²) in [6, 6.07) is 0. The summed E-state index contributed by atoms with van der Waals surface area (Å²) in [5, 5.41) is 4.69. The molecule has 0 saturated carbocycles. The van der Waals surface area contributed by atoms with E-state index < -0.39 is 20.0 Å². The Morgan fingerprint density at radius 1 is 1.46 bits per heavy atom. The zero-order valence-corrected chi connectivity index (χ0v) is 8.57. The van der Waals surface area contributed by atoms with Crippen LogP contribution in [0.5, 0.6) is 0 Å². The maximum atomic E-state index is 11.0. The highest BCUT2D eigenvalue weighted by Crippen LogP contribution is 2.17. The van der Waals surface area contributed by atoms with Crippen LogP contribution in [0.15, 0.2) is 0 Å². The number of nitrogens with one attached hydrogen (secondary N) is 1. The fourth-order valence-electron chi connectivity index (χ4n) is 1.27. The van der Waals surface area contributed by atoms with Gasteiger partial charge in [-0.25, -0.2) is 18.3 Å². The van der Waals surface area contributed by atoms with E-state index in [1.807, 2.05) is 0 Å². The van der Waals surface area contributed by atoms with Gasteiger partial charge >= 0.3 is 0 Å². The highest BCUT2D eigenvalue weighted by molar-refractivity contribution is 7.91. The molecule has 1 heterocycles. The molecule has 0 aromatic heterocycles. The average molecular weight is 228 g/mol. The molecule has 13 heavy (non-hydrogen) atoms. The molecule has 0 spiro atoms. The van der Waals surface area contributed by atoms with Crippen LogP contribution in [0.3, 0.4) is 0 Å². The summed E-state index contributed by atoms with van der Waals surface area (Å²) >= 11 is 0. The van der Waals surface area contributed by atoms with Crippen LogP contribution >= 0.6 is 0 Å². The Bertz CT molecular complexity index is 371. The van der Waals surface area contributed by atoms with Crippen molar-refractivity contribution >= 4 is 20.0 Å². The average Bonchev–Trinajstić information content (AvgIpc) is 2.24. The first-order valence-corrected chi connectivity index (χ1v) is 7.13. The summed E-state index contributed by atoms with van der Waals surface area (Å²) in [6.45, 7) is 0.109. The Labute approximate surface area is 77.6 Å². The Kier molecular flexibility index (Phi) is 2.95. The van der Waals surface area contributed by atoms with Gasteiger partial charge in [0.15, 0.2) is 9.84 Å². The molecule has 0 amide bonds. The lowest BCUT2D eigenvalue weighted by Crippen LogP contribution is -2.35. The lowest BCUT2D eigenvalue weighted by Gasteiger charge is -2.06. The van der Waals surface area contributed by atoms with Crippen LogP contribution in [0.1, 0.15) is 6.42 Å². The van der Waals surface area contributed by atoms with E-state index in [1.165, 1.54) is 0 Å². The van der Waals surface area contributed by atoms with E-state index in [2.05, 4.69) is 4.72 Å². The second-order valence-corrected chi connectivity index (χ2v) is 6.77. The topological polar surface area (TPSA) is 106 Å². The number of rotatable bonds is 3. The van der Waals surface area contributed by atoms with Crippen molar-refractivity contribution in [1.29, 1.82) is 0 Å². The lowest BCUT2D eigenvalue weighted by atomic mass is 10.1. The largest absolute Gasteiger partial charge is 0.274 e. The van der Waals surface area contributed by atoms with Crippen LogP contribution in [-0.4, -0.2) is 34.9 Å². The van der Waals surface area contributed by atoms with Crippen LogP contribution in [0.4, 0.5) is 0 Å². The van der Waals surface area contributed by atoms with Crippen molar-refractivity contribution in [2.75, 3.05) is 18.1 Å². The Balaban J connectivity index is 2.42. The monoisotopic (exact) mass is 228 g/mol. The minimum absolute atomic E-state index is 0.0511. The zero-order chi connectivity index (χ0) is 10.1. The molecule has 0 aliphatic carbocycles. The van der Waals surface area contributed by atoms with Crippen molar-refractivity contribution in [2.24, 2.45) is 11.1 Å². The quantitative estimate of drug-likeness (QED) is 0.595. The molecule has 0 aromatic rings. The van der Waals surface area contributed by atoms with Crippen LogP contribution < -0.4 is 9.86 Å². The number of sulfone groups is 1. The maximum absolute atomic E-state index is 11.0. The molecule has 1 saturated heterocycles. The fourth-order valence-corrected chi connectivity index (χ4v) is 3.60. The van der Waals surface area contributed by atoms with Gasteiger partial charge in [0, 0.05) is 6.54 Å². The molecular weight excluding hydrogens is 216 g/mol. The third-order valence-corrected chi connectivity index (χ3v) is 4.31. The number of hydrogen-bond donors (Lipinski definition) is 2. The number of hydrogen-bond acceptors (Lipinski definition) is 4. The predicted octanol–water partition coefficient (Wildman–Crippen LogP) is -1.79. The maximum Gasteiger partial charge on any atom is 0.274 e. The second kappa shape index (κ2) is 3.52. The van der Waals surface area contributed by atoms with Crippen LogP contribution in [-0.2, 0) is 20.0 Å². The smallest absolute Gasteiger partial charge is 0.229 e. The van der Waals surface area contributed by atoms with Crippen molar-refractivity contribution in [1.82, 2.24) is 4.72 Å². The summed E-state index contributed by atoms with van der Waals surface area (Å²) < 4.78 is 44.9. The molecule has 8 heteroatoms. The lowest BCUT2D eigenvalue weighted by molar-refractivity contribution is 0.544. The van der Waals surface area contributed by atoms with E-state index in [1.54, 1.807) is 0 Å². The zero-order valence-electron chi connectivity index (χ0n) is 6.93. The van der Waals surface area contributed by atoms with Crippen LogP contribution in [0.25, 0.3) is 0 Å². The van der Waals surface area contributed by atoms with Crippen molar-refractivity contribution < 1.29 is 16.8 Å². The van der Waals surface area contributed by atoms with Crippen molar-refractivity contribution in [3.8, 4) is 0 Å². The number of nitrogens with two attached hydrogens (primary N) is 1. The van der Waals surface area contributed by atoms with Crippen LogP contribution in [0.2, 0.25) is 0 Å². The third-order valence-electron chi connectivity index (χ3n) is 1.90. The molecule has 3 N–H and O–H groups in total. The summed E-state index contributed by atoms with van der Waals surface area (Å²) in [4.78, 5) is 0. The molecule has 1 aliphatic rings. The molecule has 0 bridgehead atoms. The Morgan fingerprint density at radius 3 is 2.46 bits per heavy atom. The van der Waals surface area contributed by atoms with E-state index in [-0.39, 0.29) is 24.0 Å². The van der Waals surface area contributed by atoms with Gasteiger partial charge in [-0.2, -0.15) is 8.42 Å². The van der Waals surface area contributed by atoms with Gasteiger partial charge in [-0.15, -0.1) is 0 Å². The van der Waals surface area contributed by atoms with Gasteiger partial charge in [0.25, 0.3) is 10.2 Å². The first-order chi connectivity index (χ1) is 5.79. The molecule has 0 aromatic carbocycles. The summed E-state index contributed by atoms with van der Waals surface area (Å²) in [7, 11) is -6.63. The third kappa shape index (κ3) is 4.03. The molecular formula is C5H12N2O4S2. The van der Waals surface area contributed by atoms with Crippen LogP contribution in [0, 0.1) is 5.92 Å². The van der Waals surface area contributed by atoms with E-state index in [9.17, 15) is 16.8 Å². The second-order valence-electron chi connectivity index (χ2n) is 3.16. The van der Waals surface area contributed by atoms with Gasteiger partial charge < -0.3 is 0 Å². The SMILES string of the molecule is NS(=O)(=O)NCC1CCS(=O)(=O)C1. The van der Waals surface area contributed by atoms with Gasteiger partial charge in [0.05, 0.1) is 11.5 Å². The van der Waals surface area contributed by atoms with Crippen molar-refractivity contribution in [2.45, 2.75) is 6.42 Å². The molecule has 6 nitrogen and oxygen atoms in total. The van der Waals surface area contributed by atoms with E-state index >= 15 is 0 Å². The molecule has 1 fully saturated rings. The van der Waals surface area contributed by atoms with Gasteiger partial charge in [-0.3, -0.25) is 0 Å². The summed E-state index contributed by atoms with van der Waals surface area (Å²) in [6.07, 6.45) is 0.505. The summed E-state index contributed by atoms with van der Waals surface area (Å²) in [5.41, 5.74) is 0. The molecule has 78 valence electrons. The first kappa shape index (κ1) is 10.9. The molecule has 1 aliphatic heterocycles. The Hall–Kier alpha value is -0.180. The van der Waals surface area contributed by atoms with E-state index in [4.69, 9.17) is 5.14 Å². The van der Waals surface area contributed by atoms with Crippen molar-refractivity contribution in [3.05, 3.63) is 0 Å². The molecule has 0 radical (unpaired) electrons. The fraction of sp³-hybridized carbons (Fsp3) is 1.00. The van der Waals surface area contributed by atoms with E-state index in [0.717, 1.165) is 0 Å². The highest BCUT2D eigenvalue weighted by atomic mass is 32.2. The minimum Gasteiger partial charge on any atom is -0.229 e. The van der Waals surface area contributed by atoms with Gasteiger partial charge in [0.1, 0.15) is 0 Å². The first-order valence-electron chi connectivity index (χ1n) is 3.76. The standard InChI is InChI=1S/C5H12N2O4S2/c6-13(10,11)7-3-5-1-2-12(8,9)4-5/h5,7H,1-4H2,(H2,6,10,11). The van der Waals surface area contributed by atoms with Gasteiger partial charge in [0.2, 0.25) is 0 Å². The normalized spacial score (nSPS) is 27.6. The molecule has 1 unspecified atom stereocenters. The highest BCUT2D eigenvalue weighted by Gasteiger charge is 2.28. The predicted molar refractivity (Wildman–Crippen MR) is 47.9 cm³/mol. The molecule has 1 rings (SSSR count). The minimum atomic E-state index is -3.69. The van der Waals surface area contributed by atoms with Gasteiger partial charge in [-0.05, 0) is 12.3 Å². The summed E-state index contributed by atoms with van der Waals surface area (Å²) in [5.74, 6) is 0.0581. The van der Waals surface area contributed by atoms with E-state index in [0.29, 0.717) is 6.42 Å². The van der Waals surface area contributed by atoms with Gasteiger partial charge in [-0.1, -0.05) is 0 Å². The van der Waals surface area contributed by atoms with Crippen molar-refractivity contribution in [3.63, 3.8) is 0 Å². The Morgan fingerprint density at radius 2 is 2.08 bits per heavy atom. The molecule has 1 atom stereocenters.